The van der Waals surface area contributed by atoms with E-state index < -0.39 is 5.67 Å². The first-order chi connectivity index (χ1) is 12.0. The molecule has 1 saturated heterocycles. The topological polar surface area (TPSA) is 25.2 Å². The van der Waals surface area contributed by atoms with Crippen LogP contribution >= 0.6 is 0 Å². The first kappa shape index (κ1) is 16.3. The first-order valence-corrected chi connectivity index (χ1v) is 8.92. The molecule has 0 radical (unpaired) electrons. The van der Waals surface area contributed by atoms with Crippen LogP contribution in [0.4, 0.5) is 8.78 Å². The van der Waals surface area contributed by atoms with Crippen LogP contribution in [-0.4, -0.2) is 28.5 Å². The lowest BCUT2D eigenvalue weighted by atomic mass is 9.68. The molecule has 3 nitrogen and oxygen atoms in total. The summed E-state index contributed by atoms with van der Waals surface area (Å²) < 4.78 is 29.8. The molecule has 2 heterocycles. The molecule has 1 amide bonds. The fourth-order valence-electron chi connectivity index (χ4n) is 3.96. The van der Waals surface area contributed by atoms with Crippen molar-refractivity contribution in [1.82, 2.24) is 9.47 Å². The molecule has 5 heteroatoms. The molecule has 2 fully saturated rings. The molecule has 4 rings (SSSR count). The number of carbonyl (C=O) groups excluding carboxylic acids is 1. The third-order valence-corrected chi connectivity index (χ3v) is 5.46. The molecule has 132 valence electrons. The van der Waals surface area contributed by atoms with Crippen molar-refractivity contribution in [1.29, 1.82) is 0 Å². The molecule has 0 atom stereocenters. The van der Waals surface area contributed by atoms with Crippen molar-refractivity contribution in [3.05, 3.63) is 59.7 Å². The molecule has 2 aliphatic rings. The van der Waals surface area contributed by atoms with Crippen molar-refractivity contribution in [2.45, 2.75) is 37.9 Å². The molecule has 1 saturated carbocycles. The average molecular weight is 344 g/mol. The summed E-state index contributed by atoms with van der Waals surface area (Å²) in [4.78, 5) is 14.2. The normalized spacial score (nSPS) is 25.8. The van der Waals surface area contributed by atoms with Crippen LogP contribution in [0.15, 0.2) is 42.7 Å². The molecule has 0 unspecified atom stereocenters. The highest BCUT2D eigenvalue weighted by molar-refractivity contribution is 5.80. The fraction of sp³-hybridized carbons (Fsp3) is 0.450. The van der Waals surface area contributed by atoms with Gasteiger partial charge in [-0.3, -0.25) is 4.79 Å². The van der Waals surface area contributed by atoms with Crippen LogP contribution in [-0.2, 0) is 17.0 Å². The number of aromatic nitrogens is 1. The van der Waals surface area contributed by atoms with Crippen LogP contribution in [0.3, 0.4) is 0 Å². The third kappa shape index (κ3) is 3.20. The molecule has 2 aromatic rings. The Bertz CT molecular complexity index is 756. The van der Waals surface area contributed by atoms with E-state index in [0.717, 1.165) is 31.5 Å². The van der Waals surface area contributed by atoms with Crippen molar-refractivity contribution in [2.24, 2.45) is 5.92 Å². The van der Waals surface area contributed by atoms with Gasteiger partial charge in [0.2, 0.25) is 5.91 Å². The third-order valence-electron chi connectivity index (χ3n) is 5.46. The highest BCUT2D eigenvalue weighted by Gasteiger charge is 2.50. The molecule has 25 heavy (non-hydrogen) atoms. The van der Waals surface area contributed by atoms with Gasteiger partial charge in [-0.2, -0.15) is 0 Å². The standard InChI is InChI=1S/C20H22F2N2O/c21-18-7-10-23(14-18)13-15-3-5-17(6-4-15)20(22)11-16(12-20)19(25)24-8-1-2-9-24/h3-7,10,14,16H,1-2,8-9,11-13H2. The molecule has 1 aromatic heterocycles. The van der Waals surface area contributed by atoms with Crippen LogP contribution in [0.5, 0.6) is 0 Å². The number of hydrogen-bond donors (Lipinski definition) is 0. The first-order valence-electron chi connectivity index (χ1n) is 8.92. The van der Waals surface area contributed by atoms with E-state index >= 15 is 4.39 Å². The van der Waals surface area contributed by atoms with Crippen LogP contribution in [0, 0.1) is 11.7 Å². The van der Waals surface area contributed by atoms with Gasteiger partial charge in [-0.1, -0.05) is 24.3 Å². The zero-order valence-electron chi connectivity index (χ0n) is 14.1. The molecule has 1 aliphatic carbocycles. The Labute approximate surface area is 146 Å². The van der Waals surface area contributed by atoms with Crippen LogP contribution in [0.2, 0.25) is 0 Å². The van der Waals surface area contributed by atoms with Crippen molar-refractivity contribution in [2.75, 3.05) is 13.1 Å². The Hall–Kier alpha value is -2.17. The largest absolute Gasteiger partial charge is 0.347 e. The van der Waals surface area contributed by atoms with Gasteiger partial charge in [0.15, 0.2) is 0 Å². The van der Waals surface area contributed by atoms with Crippen molar-refractivity contribution in [3.63, 3.8) is 0 Å². The lowest BCUT2D eigenvalue weighted by Crippen LogP contribution is -2.46. The predicted octanol–water partition coefficient (Wildman–Crippen LogP) is 3.87. The van der Waals surface area contributed by atoms with Crippen LogP contribution in [0.25, 0.3) is 0 Å². The second-order valence-electron chi connectivity index (χ2n) is 7.30. The van der Waals surface area contributed by atoms with E-state index in [1.807, 2.05) is 17.0 Å². The number of alkyl halides is 1. The summed E-state index contributed by atoms with van der Waals surface area (Å²) in [7, 11) is 0. The number of likely N-dealkylation sites (tertiary alicyclic amines) is 1. The van der Waals surface area contributed by atoms with E-state index in [1.54, 1.807) is 22.9 Å². The zero-order valence-corrected chi connectivity index (χ0v) is 14.1. The number of hydrogen-bond acceptors (Lipinski definition) is 1. The molecular formula is C20H22F2N2O. The summed E-state index contributed by atoms with van der Waals surface area (Å²) in [6, 6.07) is 8.77. The number of halogens is 2. The number of benzene rings is 1. The maximum Gasteiger partial charge on any atom is 0.225 e. The van der Waals surface area contributed by atoms with E-state index in [-0.39, 0.29) is 30.5 Å². The van der Waals surface area contributed by atoms with E-state index in [4.69, 9.17) is 0 Å². The number of carbonyl (C=O) groups is 1. The Balaban J connectivity index is 1.38. The zero-order chi connectivity index (χ0) is 17.4. The van der Waals surface area contributed by atoms with Crippen LogP contribution in [0.1, 0.15) is 36.8 Å². The summed E-state index contributed by atoms with van der Waals surface area (Å²) >= 11 is 0. The van der Waals surface area contributed by atoms with Gasteiger partial charge in [0.25, 0.3) is 0 Å². The van der Waals surface area contributed by atoms with Gasteiger partial charge < -0.3 is 9.47 Å². The predicted molar refractivity (Wildman–Crippen MR) is 91.3 cm³/mol. The highest BCUT2D eigenvalue weighted by atomic mass is 19.1. The number of amides is 1. The minimum Gasteiger partial charge on any atom is -0.347 e. The molecule has 0 spiro atoms. The smallest absolute Gasteiger partial charge is 0.225 e. The maximum atomic E-state index is 15.1. The Kier molecular flexibility index (Phi) is 4.10. The summed E-state index contributed by atoms with van der Waals surface area (Å²) in [5, 5.41) is 0. The molecule has 0 bridgehead atoms. The average Bonchev–Trinajstić information content (AvgIpc) is 3.24. The van der Waals surface area contributed by atoms with Crippen LogP contribution < -0.4 is 0 Å². The Morgan fingerprint density at radius 1 is 1.12 bits per heavy atom. The van der Waals surface area contributed by atoms with Gasteiger partial charge in [0.05, 0.1) is 0 Å². The SMILES string of the molecule is O=C(C1CC(F)(c2ccc(Cn3ccc(F)c3)cc2)C1)N1CCCC1. The van der Waals surface area contributed by atoms with E-state index in [1.165, 1.54) is 12.3 Å². The van der Waals surface area contributed by atoms with E-state index in [0.29, 0.717) is 12.1 Å². The Morgan fingerprint density at radius 3 is 2.40 bits per heavy atom. The lowest BCUT2D eigenvalue weighted by Gasteiger charge is -2.42. The van der Waals surface area contributed by atoms with Gasteiger partial charge in [0, 0.05) is 37.9 Å². The Morgan fingerprint density at radius 2 is 1.80 bits per heavy atom. The second-order valence-corrected chi connectivity index (χ2v) is 7.30. The molecular weight excluding hydrogens is 322 g/mol. The summed E-state index contributed by atoms with van der Waals surface area (Å²) in [5.74, 6) is -0.315. The fourth-order valence-corrected chi connectivity index (χ4v) is 3.96. The van der Waals surface area contributed by atoms with Gasteiger partial charge in [-0.05, 0) is 42.9 Å². The second kappa shape index (κ2) is 6.28. The number of nitrogens with zero attached hydrogens (tertiary/aromatic N) is 2. The minimum atomic E-state index is -1.39. The van der Waals surface area contributed by atoms with Gasteiger partial charge in [-0.15, -0.1) is 0 Å². The number of rotatable bonds is 4. The lowest BCUT2D eigenvalue weighted by molar-refractivity contribution is -0.144. The van der Waals surface area contributed by atoms with E-state index in [2.05, 4.69) is 0 Å². The monoisotopic (exact) mass is 344 g/mol. The summed E-state index contributed by atoms with van der Waals surface area (Å²) in [6.07, 6.45) is 5.80. The molecule has 1 aromatic carbocycles. The highest BCUT2D eigenvalue weighted by Crippen LogP contribution is 2.49. The van der Waals surface area contributed by atoms with Gasteiger partial charge in [-0.25, -0.2) is 8.78 Å². The van der Waals surface area contributed by atoms with Crippen molar-refractivity contribution < 1.29 is 13.6 Å². The summed E-state index contributed by atoms with van der Waals surface area (Å²) in [5.41, 5.74) is 0.241. The summed E-state index contributed by atoms with van der Waals surface area (Å²) in [6.45, 7) is 2.20. The van der Waals surface area contributed by atoms with Gasteiger partial charge in [0.1, 0.15) is 11.5 Å². The maximum absolute atomic E-state index is 15.1. The molecule has 0 N–H and O–H groups in total. The quantitative estimate of drug-likeness (QED) is 0.826. The van der Waals surface area contributed by atoms with Crippen molar-refractivity contribution in [3.8, 4) is 0 Å². The molecule has 1 aliphatic heterocycles. The van der Waals surface area contributed by atoms with Gasteiger partial charge >= 0.3 is 0 Å². The minimum absolute atomic E-state index is 0.122. The van der Waals surface area contributed by atoms with E-state index in [9.17, 15) is 9.18 Å². The van der Waals surface area contributed by atoms with Crippen molar-refractivity contribution >= 4 is 5.91 Å².